The maximum atomic E-state index is 13.8. The summed E-state index contributed by atoms with van der Waals surface area (Å²) in [4.78, 5) is 27.9. The van der Waals surface area contributed by atoms with E-state index in [0.717, 1.165) is 18.4 Å². The number of carbonyl (C=O) groups excluding carboxylic acids is 2. The standard InChI is InChI=1S/C32H32Cl2N2O7S/c1-20-6-11-26(12-7-20)44(39,40)35(17-22-8-13-28(33)29(34)15-22)18-25-10-9-23(43-25)16-27-30(32(38)41-3)21(2)36(31(27)37)19-24-5-4-14-42-24/h6-13,15-16,24H,4-5,14,17-19H2,1-3H3/b27-16+/t24-/m1/s1. The Labute approximate surface area is 266 Å². The molecule has 12 heteroatoms. The molecule has 2 aromatic carbocycles. The molecule has 2 aliphatic rings. The average molecular weight is 660 g/mol. The van der Waals surface area contributed by atoms with Crippen molar-refractivity contribution in [1.82, 2.24) is 9.21 Å². The predicted octanol–water partition coefficient (Wildman–Crippen LogP) is 6.14. The van der Waals surface area contributed by atoms with Gasteiger partial charge in [0.25, 0.3) is 5.91 Å². The summed E-state index contributed by atoms with van der Waals surface area (Å²) in [6.07, 6.45) is 3.11. The number of rotatable bonds is 10. The number of amides is 1. The van der Waals surface area contributed by atoms with Crippen molar-refractivity contribution in [2.75, 3.05) is 20.3 Å². The predicted molar refractivity (Wildman–Crippen MR) is 166 cm³/mol. The second-order valence-electron chi connectivity index (χ2n) is 10.7. The van der Waals surface area contributed by atoms with Crippen molar-refractivity contribution in [2.45, 2.75) is 50.8 Å². The van der Waals surface area contributed by atoms with E-state index in [1.54, 1.807) is 61.5 Å². The van der Waals surface area contributed by atoms with Gasteiger partial charge in [-0.2, -0.15) is 4.31 Å². The van der Waals surface area contributed by atoms with Crippen LogP contribution in [-0.4, -0.2) is 55.9 Å². The molecule has 3 heterocycles. The van der Waals surface area contributed by atoms with Gasteiger partial charge in [0.2, 0.25) is 10.0 Å². The summed E-state index contributed by atoms with van der Waals surface area (Å²) >= 11 is 12.3. The highest BCUT2D eigenvalue weighted by molar-refractivity contribution is 7.89. The normalized spacial score (nSPS) is 18.2. The first-order chi connectivity index (χ1) is 21.0. The fraction of sp³-hybridized carbons (Fsp3) is 0.312. The molecule has 0 spiro atoms. The average Bonchev–Trinajstić information content (AvgIpc) is 3.73. The van der Waals surface area contributed by atoms with E-state index in [9.17, 15) is 18.0 Å². The smallest absolute Gasteiger partial charge is 0.340 e. The van der Waals surface area contributed by atoms with Crippen molar-refractivity contribution < 1.29 is 31.9 Å². The molecule has 232 valence electrons. The Morgan fingerprint density at radius 2 is 1.82 bits per heavy atom. The Bertz CT molecular complexity index is 1740. The molecular formula is C32H32Cl2N2O7S. The highest BCUT2D eigenvalue weighted by Gasteiger charge is 2.39. The number of nitrogens with zero attached hydrogens (tertiary/aromatic N) is 2. The minimum absolute atomic E-state index is 0.00464. The second-order valence-corrected chi connectivity index (χ2v) is 13.5. The lowest BCUT2D eigenvalue weighted by molar-refractivity contribution is -0.136. The van der Waals surface area contributed by atoms with Crippen LogP contribution in [0.4, 0.5) is 0 Å². The summed E-state index contributed by atoms with van der Waals surface area (Å²) in [5, 5.41) is 0.668. The molecule has 0 bridgehead atoms. The van der Waals surface area contributed by atoms with Crippen LogP contribution in [0.15, 0.2) is 80.8 Å². The van der Waals surface area contributed by atoms with Crippen molar-refractivity contribution in [3.8, 4) is 0 Å². The van der Waals surface area contributed by atoms with Crippen molar-refractivity contribution in [2.24, 2.45) is 0 Å². The number of ether oxygens (including phenoxy) is 2. The molecule has 1 saturated heterocycles. The minimum atomic E-state index is -3.97. The van der Waals surface area contributed by atoms with Crippen LogP contribution in [0, 0.1) is 6.92 Å². The summed E-state index contributed by atoms with van der Waals surface area (Å²) in [7, 11) is -2.71. The highest BCUT2D eigenvalue weighted by atomic mass is 35.5. The largest absolute Gasteiger partial charge is 0.465 e. The Kier molecular flexibility index (Phi) is 9.67. The molecule has 3 aromatic rings. The number of aryl methyl sites for hydroxylation is 1. The molecule has 0 saturated carbocycles. The van der Waals surface area contributed by atoms with Crippen molar-refractivity contribution in [3.63, 3.8) is 0 Å². The van der Waals surface area contributed by atoms with Gasteiger partial charge in [-0.25, -0.2) is 13.2 Å². The quantitative estimate of drug-likeness (QED) is 0.190. The van der Waals surface area contributed by atoms with E-state index in [1.165, 1.54) is 22.4 Å². The molecule has 44 heavy (non-hydrogen) atoms. The van der Waals surface area contributed by atoms with E-state index in [0.29, 0.717) is 40.2 Å². The maximum absolute atomic E-state index is 13.8. The first-order valence-corrected chi connectivity index (χ1v) is 16.2. The molecule has 1 aromatic heterocycles. The lowest BCUT2D eigenvalue weighted by Gasteiger charge is -2.22. The lowest BCUT2D eigenvalue weighted by atomic mass is 10.1. The SMILES string of the molecule is COC(=O)C1=C(C)N(C[C@H]2CCCO2)C(=O)/C1=C/c1ccc(CN(Cc2ccc(Cl)c(Cl)c2)S(=O)(=O)c2ccc(C)cc2)o1. The minimum Gasteiger partial charge on any atom is -0.465 e. The second kappa shape index (κ2) is 13.3. The molecule has 0 N–H and O–H groups in total. The Morgan fingerprint density at radius 3 is 2.48 bits per heavy atom. The number of allylic oxidation sites excluding steroid dienone is 1. The first kappa shape index (κ1) is 32.0. The van der Waals surface area contributed by atoms with Gasteiger partial charge in [0.1, 0.15) is 11.5 Å². The molecule has 9 nitrogen and oxygen atoms in total. The summed E-state index contributed by atoms with van der Waals surface area (Å²) in [6, 6.07) is 14.8. The first-order valence-electron chi connectivity index (χ1n) is 14.0. The topological polar surface area (TPSA) is 106 Å². The number of halogens is 2. The van der Waals surface area contributed by atoms with Crippen LogP contribution in [-0.2, 0) is 42.2 Å². The van der Waals surface area contributed by atoms with Crippen molar-refractivity contribution >= 4 is 51.2 Å². The van der Waals surface area contributed by atoms with Gasteiger partial charge in [-0.05, 0) is 74.7 Å². The number of benzene rings is 2. The number of hydrogen-bond donors (Lipinski definition) is 0. The van der Waals surface area contributed by atoms with Gasteiger partial charge in [-0.15, -0.1) is 0 Å². The van der Waals surface area contributed by atoms with E-state index < -0.39 is 16.0 Å². The third-order valence-corrected chi connectivity index (χ3v) is 10.2. The summed E-state index contributed by atoms with van der Waals surface area (Å²) in [6.45, 7) is 4.42. The zero-order valence-electron chi connectivity index (χ0n) is 24.5. The number of furan rings is 1. The third kappa shape index (κ3) is 6.79. The van der Waals surface area contributed by atoms with Gasteiger partial charge in [-0.3, -0.25) is 4.79 Å². The summed E-state index contributed by atoms with van der Waals surface area (Å²) in [5.74, 6) is -0.395. The number of esters is 1. The molecule has 2 aliphatic heterocycles. The zero-order chi connectivity index (χ0) is 31.6. The van der Waals surface area contributed by atoms with Gasteiger partial charge < -0.3 is 18.8 Å². The number of hydrogen-bond acceptors (Lipinski definition) is 7. The van der Waals surface area contributed by atoms with Crippen LogP contribution in [0.25, 0.3) is 6.08 Å². The fourth-order valence-electron chi connectivity index (χ4n) is 5.24. The molecule has 0 radical (unpaired) electrons. The zero-order valence-corrected chi connectivity index (χ0v) is 26.8. The van der Waals surface area contributed by atoms with Gasteiger partial charge >= 0.3 is 5.97 Å². The molecule has 1 fully saturated rings. The van der Waals surface area contributed by atoms with Crippen LogP contribution in [0.5, 0.6) is 0 Å². The summed E-state index contributed by atoms with van der Waals surface area (Å²) < 4.78 is 45.6. The molecule has 5 rings (SSSR count). The van der Waals surface area contributed by atoms with Crippen LogP contribution in [0.2, 0.25) is 10.0 Å². The molecule has 1 amide bonds. The summed E-state index contributed by atoms with van der Waals surface area (Å²) in [5.41, 5.74) is 2.32. The van der Waals surface area contributed by atoms with E-state index in [4.69, 9.17) is 37.1 Å². The third-order valence-electron chi connectivity index (χ3n) is 7.61. The number of methoxy groups -OCH3 is 1. The van der Waals surface area contributed by atoms with Gasteiger partial charge in [0.05, 0.1) is 52.4 Å². The number of carbonyl (C=O) groups is 2. The Morgan fingerprint density at radius 1 is 1.07 bits per heavy atom. The van der Waals surface area contributed by atoms with Crippen molar-refractivity contribution in [1.29, 1.82) is 0 Å². The maximum Gasteiger partial charge on any atom is 0.340 e. The molecular weight excluding hydrogens is 627 g/mol. The Hall–Kier alpha value is -3.41. The van der Waals surface area contributed by atoms with Crippen LogP contribution < -0.4 is 0 Å². The van der Waals surface area contributed by atoms with E-state index in [2.05, 4.69) is 0 Å². The molecule has 0 unspecified atom stereocenters. The van der Waals surface area contributed by atoms with Gasteiger partial charge in [0, 0.05) is 18.8 Å². The number of sulfonamides is 1. The highest BCUT2D eigenvalue weighted by Crippen LogP contribution is 2.33. The van der Waals surface area contributed by atoms with Crippen LogP contribution in [0.1, 0.15) is 42.4 Å². The van der Waals surface area contributed by atoms with E-state index in [-0.39, 0.29) is 46.9 Å². The Balaban J connectivity index is 1.45. The lowest BCUT2D eigenvalue weighted by Crippen LogP contribution is -2.33. The van der Waals surface area contributed by atoms with E-state index >= 15 is 0 Å². The van der Waals surface area contributed by atoms with Crippen LogP contribution >= 0.6 is 23.2 Å². The fourth-order valence-corrected chi connectivity index (χ4v) is 6.95. The van der Waals surface area contributed by atoms with Gasteiger partial charge in [0.15, 0.2) is 0 Å². The van der Waals surface area contributed by atoms with Crippen LogP contribution in [0.3, 0.4) is 0 Å². The molecule has 0 aliphatic carbocycles. The molecule has 1 atom stereocenters. The van der Waals surface area contributed by atoms with Crippen molar-refractivity contribution in [3.05, 3.63) is 104 Å². The monoisotopic (exact) mass is 658 g/mol. The van der Waals surface area contributed by atoms with Gasteiger partial charge in [-0.1, -0.05) is 47.0 Å². The van der Waals surface area contributed by atoms with E-state index in [1.807, 2.05) is 6.92 Å².